The summed E-state index contributed by atoms with van der Waals surface area (Å²) in [7, 11) is 1.53. The highest BCUT2D eigenvalue weighted by Crippen LogP contribution is 2.43. The second-order valence-electron chi connectivity index (χ2n) is 6.74. The number of nitrogens with zero attached hydrogens (tertiary/aromatic N) is 1. The number of halogens is 3. The van der Waals surface area contributed by atoms with E-state index in [1.807, 2.05) is 0 Å². The van der Waals surface area contributed by atoms with E-state index in [9.17, 15) is 22.8 Å². The molecule has 0 radical (unpaired) electrons. The van der Waals surface area contributed by atoms with Crippen LogP contribution in [0.15, 0.2) is 59.8 Å². The number of carbonyl (C=O) groups is 2. The molecule has 2 aromatic rings. The summed E-state index contributed by atoms with van der Waals surface area (Å²) in [6.07, 6.45) is -4.60. The number of alkyl halides is 3. The van der Waals surface area contributed by atoms with Crippen LogP contribution in [0, 0.1) is 0 Å². The maximum Gasteiger partial charge on any atom is 0.416 e. The first-order chi connectivity index (χ1) is 13.8. The molecule has 0 aliphatic carbocycles. The molecule has 150 valence electrons. The van der Waals surface area contributed by atoms with Crippen LogP contribution >= 0.6 is 0 Å². The molecule has 0 N–H and O–H groups in total. The van der Waals surface area contributed by atoms with E-state index >= 15 is 0 Å². The van der Waals surface area contributed by atoms with Crippen LogP contribution in [0.5, 0.6) is 5.75 Å². The van der Waals surface area contributed by atoms with E-state index in [1.54, 1.807) is 24.3 Å². The van der Waals surface area contributed by atoms with Gasteiger partial charge in [0.25, 0.3) is 0 Å². The SMILES string of the molecule is COc1ccc([C@@H]2CC(=O)N(c3cccc(C(F)(F)F)c3)C3=C2C(=O)OC3)cc1. The lowest BCUT2D eigenvalue weighted by Gasteiger charge is -2.32. The van der Waals surface area contributed by atoms with Gasteiger partial charge < -0.3 is 9.47 Å². The minimum atomic E-state index is -4.54. The van der Waals surface area contributed by atoms with Crippen molar-refractivity contribution in [2.45, 2.75) is 18.5 Å². The quantitative estimate of drug-likeness (QED) is 0.726. The van der Waals surface area contributed by atoms with E-state index in [0.29, 0.717) is 11.3 Å². The van der Waals surface area contributed by atoms with Crippen molar-refractivity contribution in [2.24, 2.45) is 0 Å². The predicted octanol–water partition coefficient (Wildman–Crippen LogP) is 4.05. The highest BCUT2D eigenvalue weighted by atomic mass is 19.4. The standard InChI is InChI=1S/C21H16F3NO4/c1-28-15-7-5-12(6-8-15)16-10-18(26)25(17-11-29-20(27)19(16)17)14-4-2-3-13(9-14)21(22,23)24/h2-9,16H,10-11H2,1H3/t16-/m0/s1. The smallest absolute Gasteiger partial charge is 0.416 e. The van der Waals surface area contributed by atoms with Gasteiger partial charge in [0, 0.05) is 18.0 Å². The fraction of sp³-hybridized carbons (Fsp3) is 0.238. The van der Waals surface area contributed by atoms with Gasteiger partial charge in [0.05, 0.1) is 23.9 Å². The molecule has 0 saturated heterocycles. The van der Waals surface area contributed by atoms with E-state index in [1.165, 1.54) is 19.2 Å². The average Bonchev–Trinajstić information content (AvgIpc) is 3.08. The highest BCUT2D eigenvalue weighted by Gasteiger charge is 2.43. The van der Waals surface area contributed by atoms with Gasteiger partial charge in [-0.15, -0.1) is 0 Å². The molecule has 29 heavy (non-hydrogen) atoms. The van der Waals surface area contributed by atoms with Crippen molar-refractivity contribution in [2.75, 3.05) is 18.6 Å². The highest BCUT2D eigenvalue weighted by molar-refractivity contribution is 6.06. The van der Waals surface area contributed by atoms with Gasteiger partial charge in [0.2, 0.25) is 5.91 Å². The second-order valence-corrected chi connectivity index (χ2v) is 6.74. The molecule has 4 rings (SSSR count). The predicted molar refractivity (Wildman–Crippen MR) is 97.3 cm³/mol. The molecule has 8 heteroatoms. The van der Waals surface area contributed by atoms with Crippen molar-refractivity contribution in [3.8, 4) is 5.75 Å². The Kier molecular flexibility index (Phi) is 4.56. The van der Waals surface area contributed by atoms with Gasteiger partial charge >= 0.3 is 12.1 Å². The third-order valence-electron chi connectivity index (χ3n) is 5.07. The molecule has 2 aromatic carbocycles. The van der Waals surface area contributed by atoms with Crippen LogP contribution in [0.4, 0.5) is 18.9 Å². The number of anilines is 1. The number of hydrogen-bond acceptors (Lipinski definition) is 4. The summed E-state index contributed by atoms with van der Waals surface area (Å²) >= 11 is 0. The lowest BCUT2D eigenvalue weighted by Crippen LogP contribution is -2.37. The Morgan fingerprint density at radius 3 is 2.48 bits per heavy atom. The molecule has 1 amide bonds. The number of hydrogen-bond donors (Lipinski definition) is 0. The van der Waals surface area contributed by atoms with Crippen molar-refractivity contribution < 1.29 is 32.2 Å². The molecule has 0 saturated carbocycles. The summed E-state index contributed by atoms with van der Waals surface area (Å²) in [5.41, 5.74) is 0.504. The maximum absolute atomic E-state index is 13.1. The number of ether oxygens (including phenoxy) is 2. The third kappa shape index (κ3) is 3.35. The van der Waals surface area contributed by atoms with Crippen LogP contribution < -0.4 is 9.64 Å². The Bertz CT molecular complexity index is 1010. The van der Waals surface area contributed by atoms with E-state index in [0.717, 1.165) is 22.6 Å². The molecule has 2 heterocycles. The number of benzene rings is 2. The van der Waals surface area contributed by atoms with Gasteiger partial charge in [-0.3, -0.25) is 9.69 Å². The zero-order valence-electron chi connectivity index (χ0n) is 15.3. The summed E-state index contributed by atoms with van der Waals surface area (Å²) in [5.74, 6) is -0.863. The van der Waals surface area contributed by atoms with E-state index in [-0.39, 0.29) is 24.4 Å². The molecule has 1 atom stereocenters. The minimum absolute atomic E-state index is 0.0590. The Hall–Kier alpha value is -3.29. The first kappa shape index (κ1) is 19.0. The fourth-order valence-electron chi connectivity index (χ4n) is 3.70. The largest absolute Gasteiger partial charge is 0.497 e. The van der Waals surface area contributed by atoms with Crippen molar-refractivity contribution in [1.29, 1.82) is 0 Å². The topological polar surface area (TPSA) is 55.8 Å². The van der Waals surface area contributed by atoms with Crippen LogP contribution in [0.3, 0.4) is 0 Å². The number of carbonyl (C=O) groups excluding carboxylic acids is 2. The van der Waals surface area contributed by atoms with Gasteiger partial charge in [-0.25, -0.2) is 4.79 Å². The first-order valence-corrected chi connectivity index (χ1v) is 8.84. The van der Waals surface area contributed by atoms with Gasteiger partial charge in [-0.05, 0) is 35.9 Å². The number of esters is 1. The normalized spacial score (nSPS) is 19.3. The Labute approximate surface area is 164 Å². The zero-order chi connectivity index (χ0) is 20.8. The lowest BCUT2D eigenvalue weighted by atomic mass is 9.84. The summed E-state index contributed by atoms with van der Waals surface area (Å²) in [4.78, 5) is 26.5. The molecule has 2 aliphatic rings. The minimum Gasteiger partial charge on any atom is -0.497 e. The number of rotatable bonds is 3. The molecule has 0 aromatic heterocycles. The molecule has 0 spiro atoms. The molecular weight excluding hydrogens is 387 g/mol. The van der Waals surface area contributed by atoms with Gasteiger partial charge in [0.15, 0.2) is 0 Å². The molecule has 5 nitrogen and oxygen atoms in total. The van der Waals surface area contributed by atoms with E-state index < -0.39 is 29.5 Å². The van der Waals surface area contributed by atoms with Crippen LogP contribution in [0.25, 0.3) is 0 Å². The van der Waals surface area contributed by atoms with Gasteiger partial charge in [0.1, 0.15) is 12.4 Å². The van der Waals surface area contributed by atoms with Crippen LogP contribution in [0.1, 0.15) is 23.5 Å². The van der Waals surface area contributed by atoms with Crippen molar-refractivity contribution in [3.63, 3.8) is 0 Å². The Morgan fingerprint density at radius 2 is 1.83 bits per heavy atom. The number of amides is 1. The third-order valence-corrected chi connectivity index (χ3v) is 5.07. The monoisotopic (exact) mass is 403 g/mol. The van der Waals surface area contributed by atoms with E-state index in [2.05, 4.69) is 0 Å². The number of methoxy groups -OCH3 is 1. The Morgan fingerprint density at radius 1 is 1.10 bits per heavy atom. The molecule has 0 unspecified atom stereocenters. The molecular formula is C21H16F3NO4. The number of cyclic esters (lactones) is 1. The zero-order valence-corrected chi connectivity index (χ0v) is 15.3. The van der Waals surface area contributed by atoms with Crippen molar-refractivity contribution >= 4 is 17.6 Å². The summed E-state index contributed by atoms with van der Waals surface area (Å²) in [5, 5.41) is 0. The maximum atomic E-state index is 13.1. The summed E-state index contributed by atoms with van der Waals surface area (Å²) < 4.78 is 49.6. The molecule has 2 aliphatic heterocycles. The summed E-state index contributed by atoms with van der Waals surface area (Å²) in [6.45, 7) is -0.164. The van der Waals surface area contributed by atoms with Crippen molar-refractivity contribution in [1.82, 2.24) is 0 Å². The Balaban J connectivity index is 1.78. The molecule has 0 fully saturated rings. The summed E-state index contributed by atoms with van der Waals surface area (Å²) in [6, 6.07) is 11.4. The van der Waals surface area contributed by atoms with Gasteiger partial charge in [-0.2, -0.15) is 13.2 Å². The van der Waals surface area contributed by atoms with E-state index in [4.69, 9.17) is 9.47 Å². The second kappa shape index (κ2) is 6.95. The van der Waals surface area contributed by atoms with Crippen LogP contribution in [-0.2, 0) is 20.5 Å². The van der Waals surface area contributed by atoms with Gasteiger partial charge in [-0.1, -0.05) is 18.2 Å². The first-order valence-electron chi connectivity index (χ1n) is 8.84. The molecule has 0 bridgehead atoms. The average molecular weight is 403 g/mol. The lowest BCUT2D eigenvalue weighted by molar-refractivity contribution is -0.138. The van der Waals surface area contributed by atoms with Crippen LogP contribution in [0.2, 0.25) is 0 Å². The van der Waals surface area contributed by atoms with Crippen molar-refractivity contribution in [3.05, 3.63) is 70.9 Å². The van der Waals surface area contributed by atoms with Crippen LogP contribution in [-0.4, -0.2) is 25.6 Å². The fourth-order valence-corrected chi connectivity index (χ4v) is 3.70.